The average Bonchev–Trinajstić information content (AvgIpc) is 2.56. The van der Waals surface area contributed by atoms with Gasteiger partial charge in [0.15, 0.2) is 5.84 Å². The van der Waals surface area contributed by atoms with Crippen LogP contribution >= 0.6 is 11.3 Å². The van der Waals surface area contributed by atoms with E-state index in [1.165, 1.54) is 0 Å². The molecular formula is C8H13N3OS. The molecule has 1 aromatic rings. The van der Waals surface area contributed by atoms with Gasteiger partial charge in [0.25, 0.3) is 0 Å². The fourth-order valence-corrected chi connectivity index (χ4v) is 2.10. The Hall–Kier alpha value is -1.07. The molecule has 13 heavy (non-hydrogen) atoms. The number of nitrogens with two attached hydrogens (primary N) is 1. The summed E-state index contributed by atoms with van der Waals surface area (Å²) in [6.07, 6.45) is 0. The number of likely N-dealkylation sites (N-methyl/N-ethyl adjacent to an activating group) is 1. The van der Waals surface area contributed by atoms with Crippen molar-refractivity contribution in [3.63, 3.8) is 0 Å². The molecule has 0 aliphatic rings. The van der Waals surface area contributed by atoms with Crippen molar-refractivity contribution in [2.45, 2.75) is 6.04 Å². The second-order valence-electron chi connectivity index (χ2n) is 2.91. The molecule has 0 bridgehead atoms. The van der Waals surface area contributed by atoms with Gasteiger partial charge in [-0.25, -0.2) is 0 Å². The van der Waals surface area contributed by atoms with Crippen LogP contribution in [-0.4, -0.2) is 30.0 Å². The second-order valence-corrected chi connectivity index (χ2v) is 3.89. The summed E-state index contributed by atoms with van der Waals surface area (Å²) in [5, 5.41) is 13.6. The first kappa shape index (κ1) is 10.0. The minimum Gasteiger partial charge on any atom is -0.409 e. The molecule has 0 aliphatic carbocycles. The topological polar surface area (TPSA) is 61.8 Å². The number of amidine groups is 1. The van der Waals surface area contributed by atoms with E-state index in [1.807, 2.05) is 36.5 Å². The molecule has 0 amide bonds. The standard InChI is InChI=1S/C8H13N3OS/c1-11(2)7(8(9)10-12)6-4-3-5-13-6/h3-5,7,12H,1-2H3,(H2,9,10). The van der Waals surface area contributed by atoms with Gasteiger partial charge in [0.1, 0.15) is 6.04 Å². The van der Waals surface area contributed by atoms with Crippen LogP contribution < -0.4 is 5.73 Å². The second kappa shape index (κ2) is 4.25. The van der Waals surface area contributed by atoms with Crippen LogP contribution in [0.3, 0.4) is 0 Å². The summed E-state index contributed by atoms with van der Waals surface area (Å²) in [5.74, 6) is 0.215. The predicted molar refractivity (Wildman–Crippen MR) is 54.2 cm³/mol. The van der Waals surface area contributed by atoms with Gasteiger partial charge in [-0.1, -0.05) is 11.2 Å². The first-order valence-corrected chi connectivity index (χ1v) is 4.72. The molecule has 0 fully saturated rings. The van der Waals surface area contributed by atoms with E-state index in [2.05, 4.69) is 5.16 Å². The molecule has 3 N–H and O–H groups in total. The number of hydrogen-bond acceptors (Lipinski definition) is 4. The molecule has 0 aliphatic heterocycles. The maximum atomic E-state index is 8.59. The third kappa shape index (κ3) is 2.19. The normalized spacial score (nSPS) is 14.8. The Morgan fingerprint density at radius 2 is 2.38 bits per heavy atom. The molecule has 1 heterocycles. The zero-order valence-corrected chi connectivity index (χ0v) is 8.45. The van der Waals surface area contributed by atoms with Crippen molar-refractivity contribution in [1.29, 1.82) is 0 Å². The summed E-state index contributed by atoms with van der Waals surface area (Å²) in [4.78, 5) is 2.97. The van der Waals surface area contributed by atoms with Crippen molar-refractivity contribution < 1.29 is 5.21 Å². The Kier molecular flexibility index (Phi) is 3.27. The first-order valence-electron chi connectivity index (χ1n) is 3.84. The quantitative estimate of drug-likeness (QED) is 0.331. The Morgan fingerprint density at radius 3 is 2.77 bits per heavy atom. The smallest absolute Gasteiger partial charge is 0.161 e. The van der Waals surface area contributed by atoms with Gasteiger partial charge >= 0.3 is 0 Å². The van der Waals surface area contributed by atoms with Crippen molar-refractivity contribution in [2.24, 2.45) is 10.9 Å². The highest BCUT2D eigenvalue weighted by Gasteiger charge is 2.19. The van der Waals surface area contributed by atoms with E-state index in [9.17, 15) is 0 Å². The van der Waals surface area contributed by atoms with Crippen molar-refractivity contribution in [3.8, 4) is 0 Å². The lowest BCUT2D eigenvalue weighted by atomic mass is 10.2. The number of nitrogens with zero attached hydrogens (tertiary/aromatic N) is 2. The van der Waals surface area contributed by atoms with Gasteiger partial charge in [-0.3, -0.25) is 4.90 Å². The van der Waals surface area contributed by atoms with Crippen LogP contribution in [0.1, 0.15) is 10.9 Å². The van der Waals surface area contributed by atoms with Crippen molar-refractivity contribution >= 4 is 17.2 Å². The maximum Gasteiger partial charge on any atom is 0.161 e. The van der Waals surface area contributed by atoms with Gasteiger partial charge in [0.2, 0.25) is 0 Å². The molecule has 1 aromatic heterocycles. The lowest BCUT2D eigenvalue weighted by Gasteiger charge is -2.21. The highest BCUT2D eigenvalue weighted by atomic mass is 32.1. The molecule has 0 radical (unpaired) electrons. The van der Waals surface area contributed by atoms with E-state index >= 15 is 0 Å². The highest BCUT2D eigenvalue weighted by Crippen LogP contribution is 2.22. The molecule has 1 unspecified atom stereocenters. The molecule has 72 valence electrons. The fraction of sp³-hybridized carbons (Fsp3) is 0.375. The van der Waals surface area contributed by atoms with Crippen LogP contribution in [0.15, 0.2) is 22.7 Å². The molecule has 0 saturated heterocycles. The number of rotatable bonds is 3. The fourth-order valence-electron chi connectivity index (χ4n) is 1.17. The highest BCUT2D eigenvalue weighted by molar-refractivity contribution is 7.10. The summed E-state index contributed by atoms with van der Waals surface area (Å²) >= 11 is 1.59. The molecule has 1 atom stereocenters. The Balaban J connectivity index is 2.94. The lowest BCUT2D eigenvalue weighted by Crippen LogP contribution is -2.32. The maximum absolute atomic E-state index is 8.59. The Labute approximate surface area is 81.3 Å². The minimum absolute atomic E-state index is 0.134. The van der Waals surface area contributed by atoms with E-state index in [4.69, 9.17) is 10.9 Å². The number of thiophene rings is 1. The van der Waals surface area contributed by atoms with Gasteiger partial charge in [0.05, 0.1) is 0 Å². The summed E-state index contributed by atoms with van der Waals surface area (Å²) in [5.41, 5.74) is 5.57. The zero-order chi connectivity index (χ0) is 9.84. The van der Waals surface area contributed by atoms with E-state index in [-0.39, 0.29) is 11.9 Å². The monoisotopic (exact) mass is 199 g/mol. The third-order valence-corrected chi connectivity index (χ3v) is 2.65. The lowest BCUT2D eigenvalue weighted by molar-refractivity contribution is 0.302. The summed E-state index contributed by atoms with van der Waals surface area (Å²) < 4.78 is 0. The van der Waals surface area contributed by atoms with Gasteiger partial charge in [-0.05, 0) is 25.5 Å². The average molecular weight is 199 g/mol. The molecule has 0 saturated carbocycles. The molecule has 0 aromatic carbocycles. The van der Waals surface area contributed by atoms with Crippen LogP contribution in [0, 0.1) is 0 Å². The third-order valence-electron chi connectivity index (χ3n) is 1.72. The molecular weight excluding hydrogens is 186 g/mol. The van der Waals surface area contributed by atoms with Gasteiger partial charge in [0, 0.05) is 4.88 Å². The van der Waals surface area contributed by atoms with E-state index in [0.717, 1.165) is 4.88 Å². The first-order chi connectivity index (χ1) is 6.16. The minimum atomic E-state index is -0.134. The van der Waals surface area contributed by atoms with E-state index in [0.29, 0.717) is 0 Å². The van der Waals surface area contributed by atoms with Crippen LogP contribution in [0.5, 0.6) is 0 Å². The van der Waals surface area contributed by atoms with E-state index < -0.39 is 0 Å². The molecule has 5 heteroatoms. The van der Waals surface area contributed by atoms with Crippen molar-refractivity contribution in [2.75, 3.05) is 14.1 Å². The van der Waals surface area contributed by atoms with E-state index in [1.54, 1.807) is 11.3 Å². The number of hydrogen-bond donors (Lipinski definition) is 2. The predicted octanol–water partition coefficient (Wildman–Crippen LogP) is 1.10. The van der Waals surface area contributed by atoms with Crippen LogP contribution in [0.25, 0.3) is 0 Å². The summed E-state index contributed by atoms with van der Waals surface area (Å²) in [7, 11) is 3.78. The SMILES string of the molecule is CN(C)C(/C(N)=N/O)c1cccs1. The molecule has 0 spiro atoms. The van der Waals surface area contributed by atoms with Crippen LogP contribution in [0.2, 0.25) is 0 Å². The van der Waals surface area contributed by atoms with Crippen molar-refractivity contribution in [3.05, 3.63) is 22.4 Å². The molecule has 1 rings (SSSR count). The van der Waals surface area contributed by atoms with Gasteiger partial charge in [-0.15, -0.1) is 11.3 Å². The number of oxime groups is 1. The van der Waals surface area contributed by atoms with Gasteiger partial charge < -0.3 is 10.9 Å². The Bertz CT molecular complexity index is 282. The van der Waals surface area contributed by atoms with Crippen LogP contribution in [-0.2, 0) is 0 Å². The summed E-state index contributed by atoms with van der Waals surface area (Å²) in [6.45, 7) is 0. The summed E-state index contributed by atoms with van der Waals surface area (Å²) in [6, 6.07) is 3.78. The Morgan fingerprint density at radius 1 is 1.69 bits per heavy atom. The van der Waals surface area contributed by atoms with Crippen molar-refractivity contribution in [1.82, 2.24) is 4.90 Å². The largest absolute Gasteiger partial charge is 0.409 e. The molecule has 4 nitrogen and oxygen atoms in total. The zero-order valence-electron chi connectivity index (χ0n) is 7.64. The van der Waals surface area contributed by atoms with Gasteiger partial charge in [-0.2, -0.15) is 0 Å². The van der Waals surface area contributed by atoms with Crippen LogP contribution in [0.4, 0.5) is 0 Å².